The summed E-state index contributed by atoms with van der Waals surface area (Å²) in [6, 6.07) is 14.5. The minimum atomic E-state index is -1.66. The Hall–Kier alpha value is -4.01. The van der Waals surface area contributed by atoms with Gasteiger partial charge in [0, 0.05) is 0 Å². The highest BCUT2D eigenvalue weighted by molar-refractivity contribution is 6.32. The largest absolute Gasteiger partial charge is 0.474 e. The molecule has 1 fully saturated rings. The summed E-state index contributed by atoms with van der Waals surface area (Å²) in [6.45, 7) is 0. The Morgan fingerprint density at radius 3 is 2.32 bits per heavy atom. The number of rotatable bonds is 10. The molecule has 0 unspecified atom stereocenters. The number of carboxylic acid groups (broad SMARTS) is 1. The Bertz CT molecular complexity index is 1220. The van der Waals surface area contributed by atoms with Gasteiger partial charge < -0.3 is 20.2 Å². The molecule has 2 aromatic carbocycles. The molecular weight excluding hydrogens is 474 g/mol. The van der Waals surface area contributed by atoms with Crippen LogP contribution in [0.1, 0.15) is 61.2 Å². The number of nitrogens with zero attached hydrogens (tertiary/aromatic N) is 1. The fraction of sp³-hybridized carbons (Fsp3) is 0.393. The van der Waals surface area contributed by atoms with Gasteiger partial charge in [-0.3, -0.25) is 14.4 Å². The van der Waals surface area contributed by atoms with Crippen LogP contribution in [0, 0.1) is 5.92 Å². The molecule has 1 aliphatic carbocycles. The molecular formula is C28H31N3O6. The van der Waals surface area contributed by atoms with Crippen molar-refractivity contribution in [3.63, 3.8) is 0 Å². The highest BCUT2D eigenvalue weighted by Crippen LogP contribution is 2.27. The molecule has 0 aliphatic heterocycles. The minimum absolute atomic E-state index is 0.113. The van der Waals surface area contributed by atoms with E-state index >= 15 is 0 Å². The maximum absolute atomic E-state index is 13.5. The van der Waals surface area contributed by atoms with Gasteiger partial charge >= 0.3 is 11.9 Å². The Balaban J connectivity index is 1.54. The summed E-state index contributed by atoms with van der Waals surface area (Å²) < 4.78 is 5.66. The van der Waals surface area contributed by atoms with Crippen LogP contribution in [0.2, 0.25) is 0 Å². The number of oxazole rings is 1. The number of Topliss-reactive ketones (excluding diaryl/α,β-unsaturated/α-hetero) is 1. The molecule has 1 aliphatic rings. The molecule has 37 heavy (non-hydrogen) atoms. The maximum Gasteiger partial charge on any atom is 0.394 e. The van der Waals surface area contributed by atoms with Gasteiger partial charge in [0.15, 0.2) is 5.58 Å². The van der Waals surface area contributed by atoms with E-state index in [1.54, 1.807) is 24.3 Å². The molecule has 1 saturated carbocycles. The predicted octanol–water partition coefficient (Wildman–Crippen LogP) is 3.67. The number of hydrogen-bond acceptors (Lipinski definition) is 6. The second-order valence-electron chi connectivity index (χ2n) is 9.51. The van der Waals surface area contributed by atoms with Gasteiger partial charge in [0.05, 0.1) is 6.04 Å². The van der Waals surface area contributed by atoms with Crippen LogP contribution in [0.5, 0.6) is 0 Å². The summed E-state index contributed by atoms with van der Waals surface area (Å²) in [7, 11) is 0. The minimum Gasteiger partial charge on any atom is -0.474 e. The molecule has 4 rings (SSSR count). The second-order valence-corrected chi connectivity index (χ2v) is 9.51. The van der Waals surface area contributed by atoms with Gasteiger partial charge in [-0.15, -0.1) is 0 Å². The van der Waals surface area contributed by atoms with Crippen molar-refractivity contribution in [2.24, 2.45) is 5.92 Å². The lowest BCUT2D eigenvalue weighted by molar-refractivity contribution is -0.151. The molecule has 0 spiro atoms. The van der Waals surface area contributed by atoms with Gasteiger partial charge in [0.1, 0.15) is 11.6 Å². The quantitative estimate of drug-likeness (QED) is 0.282. The average Bonchev–Trinajstić information content (AvgIpc) is 3.35. The normalized spacial score (nSPS) is 15.6. The number of hydrogen-bond donors (Lipinski definition) is 3. The van der Waals surface area contributed by atoms with E-state index in [1.165, 1.54) is 0 Å². The summed E-state index contributed by atoms with van der Waals surface area (Å²) in [5, 5.41) is 14.2. The number of carbonyl (C=O) groups excluding carboxylic acids is 3. The molecule has 9 nitrogen and oxygen atoms in total. The summed E-state index contributed by atoms with van der Waals surface area (Å²) in [6.07, 6.45) is 6.09. The number of carbonyl (C=O) groups is 4. The molecule has 194 valence electrons. The first kappa shape index (κ1) is 26.1. The predicted molar refractivity (Wildman–Crippen MR) is 136 cm³/mol. The van der Waals surface area contributed by atoms with Crippen LogP contribution < -0.4 is 10.6 Å². The first-order chi connectivity index (χ1) is 17.9. The van der Waals surface area contributed by atoms with Crippen molar-refractivity contribution in [1.82, 2.24) is 15.6 Å². The van der Waals surface area contributed by atoms with E-state index in [-0.39, 0.29) is 18.2 Å². The first-order valence-corrected chi connectivity index (χ1v) is 12.7. The number of para-hydroxylation sites is 2. The molecule has 0 bridgehead atoms. The molecule has 1 heterocycles. The van der Waals surface area contributed by atoms with Crippen molar-refractivity contribution in [3.05, 3.63) is 66.1 Å². The molecule has 1 aromatic heterocycles. The van der Waals surface area contributed by atoms with Gasteiger partial charge in [-0.2, -0.15) is 0 Å². The van der Waals surface area contributed by atoms with E-state index in [9.17, 15) is 19.2 Å². The highest BCUT2D eigenvalue weighted by Gasteiger charge is 2.32. The summed E-state index contributed by atoms with van der Waals surface area (Å²) in [5.74, 6) is -3.91. The molecule has 2 amide bonds. The lowest BCUT2D eigenvalue weighted by Gasteiger charge is -2.27. The third-order valence-corrected chi connectivity index (χ3v) is 6.81. The van der Waals surface area contributed by atoms with Gasteiger partial charge in [0.2, 0.25) is 11.7 Å². The average molecular weight is 506 g/mol. The van der Waals surface area contributed by atoms with Gasteiger partial charge in [0.25, 0.3) is 5.89 Å². The van der Waals surface area contributed by atoms with Crippen LogP contribution in [0.3, 0.4) is 0 Å². The zero-order valence-electron chi connectivity index (χ0n) is 20.5. The number of ketones is 1. The van der Waals surface area contributed by atoms with Crippen molar-refractivity contribution in [1.29, 1.82) is 0 Å². The van der Waals surface area contributed by atoms with Crippen LogP contribution >= 0.6 is 0 Å². The van der Waals surface area contributed by atoms with E-state index in [4.69, 9.17) is 9.52 Å². The van der Waals surface area contributed by atoms with Crippen LogP contribution in [-0.4, -0.2) is 45.7 Å². The zero-order valence-corrected chi connectivity index (χ0v) is 20.5. The molecule has 3 N–H and O–H groups in total. The number of amides is 2. The molecule has 0 saturated heterocycles. The fourth-order valence-corrected chi connectivity index (χ4v) is 4.83. The standard InChI is InChI=1S/C28H31N3O6/c32-24(27-31-20-13-7-8-14-23(20)37-27)21(16-15-18-9-3-1-4-10-18)29-25(33)22(30-26(34)28(35)36)17-19-11-5-2-6-12-19/h1,3-4,7-10,13-14,19,21-22H,2,5-6,11-12,15-17H2,(H,29,33)(H,30,34)(H,35,36)/t21-,22-/m0/s1. The molecule has 3 aromatic rings. The smallest absolute Gasteiger partial charge is 0.394 e. The van der Waals surface area contributed by atoms with E-state index in [0.29, 0.717) is 23.9 Å². The third-order valence-electron chi connectivity index (χ3n) is 6.81. The third kappa shape index (κ3) is 7.03. The van der Waals surface area contributed by atoms with E-state index in [0.717, 1.165) is 37.7 Å². The van der Waals surface area contributed by atoms with Gasteiger partial charge in [-0.1, -0.05) is 74.6 Å². The van der Waals surface area contributed by atoms with Crippen molar-refractivity contribution in [3.8, 4) is 0 Å². The summed E-state index contributed by atoms with van der Waals surface area (Å²) >= 11 is 0. The number of aryl methyl sites for hydroxylation is 1. The van der Waals surface area contributed by atoms with Crippen molar-refractivity contribution < 1.29 is 28.7 Å². The Morgan fingerprint density at radius 1 is 0.919 bits per heavy atom. The number of aromatic nitrogens is 1. The van der Waals surface area contributed by atoms with Crippen molar-refractivity contribution in [2.75, 3.05) is 0 Å². The first-order valence-electron chi connectivity index (χ1n) is 12.7. The second kappa shape index (κ2) is 12.3. The highest BCUT2D eigenvalue weighted by atomic mass is 16.4. The van der Waals surface area contributed by atoms with E-state index in [1.807, 2.05) is 30.3 Å². The fourth-order valence-electron chi connectivity index (χ4n) is 4.83. The number of fused-ring (bicyclic) bond motifs is 1. The SMILES string of the molecule is O=C(O)C(=O)N[C@@H](CC1CCCCC1)C(=O)N[C@@H](CCc1ccccc1)C(=O)c1nc2ccccc2o1. The number of carboxylic acids is 1. The van der Waals surface area contributed by atoms with Gasteiger partial charge in [-0.25, -0.2) is 9.78 Å². The number of aliphatic carboxylic acids is 1. The van der Waals surface area contributed by atoms with E-state index < -0.39 is 35.7 Å². The van der Waals surface area contributed by atoms with Crippen LogP contribution in [-0.2, 0) is 20.8 Å². The topological polar surface area (TPSA) is 139 Å². The Labute approximate surface area is 214 Å². The van der Waals surface area contributed by atoms with Crippen LogP contribution in [0.15, 0.2) is 59.0 Å². The van der Waals surface area contributed by atoms with Gasteiger partial charge in [-0.05, 0) is 42.9 Å². The van der Waals surface area contributed by atoms with Crippen molar-refractivity contribution in [2.45, 2.75) is 63.5 Å². The molecule has 2 atom stereocenters. The molecule has 9 heteroatoms. The maximum atomic E-state index is 13.5. The van der Waals surface area contributed by atoms with Crippen LogP contribution in [0.4, 0.5) is 0 Å². The Kier molecular flexibility index (Phi) is 8.66. The number of benzene rings is 2. The summed E-state index contributed by atoms with van der Waals surface area (Å²) in [5.41, 5.74) is 1.98. The Morgan fingerprint density at radius 2 is 1.62 bits per heavy atom. The monoisotopic (exact) mass is 505 g/mol. The van der Waals surface area contributed by atoms with E-state index in [2.05, 4.69) is 15.6 Å². The lowest BCUT2D eigenvalue weighted by atomic mass is 9.84. The zero-order chi connectivity index (χ0) is 26.2. The molecule has 0 radical (unpaired) electrons. The van der Waals surface area contributed by atoms with Crippen LogP contribution in [0.25, 0.3) is 11.1 Å². The summed E-state index contributed by atoms with van der Waals surface area (Å²) in [4.78, 5) is 54.3. The number of nitrogens with one attached hydrogen (secondary N) is 2. The van der Waals surface area contributed by atoms with Crippen molar-refractivity contribution >= 4 is 34.7 Å². The lowest BCUT2D eigenvalue weighted by Crippen LogP contribution is -2.53.